The molecule has 1 unspecified atom stereocenters. The third-order valence-electron chi connectivity index (χ3n) is 1.27. The van der Waals surface area contributed by atoms with Crippen LogP contribution in [0.1, 0.15) is 26.7 Å². The van der Waals surface area contributed by atoms with Crippen molar-refractivity contribution >= 4 is 10.1 Å². The van der Waals surface area contributed by atoms with E-state index in [1.807, 2.05) is 6.92 Å². The van der Waals surface area contributed by atoms with Crippen molar-refractivity contribution in [1.82, 2.24) is 0 Å². The maximum atomic E-state index is 10.4. The van der Waals surface area contributed by atoms with Gasteiger partial charge in [0.2, 0.25) is 0 Å². The molecule has 0 aromatic rings. The largest absolute Gasteiger partial charge is 0.360 e. The summed E-state index contributed by atoms with van der Waals surface area (Å²) in [5.74, 6) is 0. The Kier molecular flexibility index (Phi) is 4.63. The average molecular weight is 182 g/mol. The molecule has 0 heterocycles. The standard InChI is InChI=1S/C6H14O4S/c1-3-4-5-10-6(2)11(7,8)9/h6H,3-5H2,1-2H3,(H,7,8,9). The van der Waals surface area contributed by atoms with E-state index >= 15 is 0 Å². The summed E-state index contributed by atoms with van der Waals surface area (Å²) >= 11 is 0. The fourth-order valence-corrected chi connectivity index (χ4v) is 0.748. The number of hydrogen-bond donors (Lipinski definition) is 1. The predicted molar refractivity (Wildman–Crippen MR) is 41.9 cm³/mol. The van der Waals surface area contributed by atoms with Crippen LogP contribution in [-0.2, 0) is 14.9 Å². The molecule has 1 N–H and O–H groups in total. The summed E-state index contributed by atoms with van der Waals surface area (Å²) in [5, 5.41) is 0. The van der Waals surface area contributed by atoms with Crippen LogP contribution < -0.4 is 0 Å². The number of rotatable bonds is 5. The van der Waals surface area contributed by atoms with Crippen molar-refractivity contribution in [3.63, 3.8) is 0 Å². The van der Waals surface area contributed by atoms with Crippen LogP contribution in [0.25, 0.3) is 0 Å². The van der Waals surface area contributed by atoms with Gasteiger partial charge in [-0.15, -0.1) is 0 Å². The van der Waals surface area contributed by atoms with Gasteiger partial charge in [0.05, 0.1) is 0 Å². The molecule has 0 aliphatic heterocycles. The Hall–Kier alpha value is -0.130. The second kappa shape index (κ2) is 4.69. The van der Waals surface area contributed by atoms with Crippen molar-refractivity contribution in [3.8, 4) is 0 Å². The minimum absolute atomic E-state index is 0.372. The fraction of sp³-hybridized carbons (Fsp3) is 1.00. The van der Waals surface area contributed by atoms with Crippen molar-refractivity contribution in [3.05, 3.63) is 0 Å². The summed E-state index contributed by atoms with van der Waals surface area (Å²) in [4.78, 5) is 0. The zero-order valence-electron chi connectivity index (χ0n) is 6.78. The summed E-state index contributed by atoms with van der Waals surface area (Å²) in [6.45, 7) is 3.66. The number of hydrogen-bond acceptors (Lipinski definition) is 3. The molecule has 0 aromatic carbocycles. The summed E-state index contributed by atoms with van der Waals surface area (Å²) < 4.78 is 34.0. The highest BCUT2D eigenvalue weighted by Gasteiger charge is 2.16. The molecule has 0 bridgehead atoms. The summed E-state index contributed by atoms with van der Waals surface area (Å²) in [6, 6.07) is 0. The first-order valence-corrected chi connectivity index (χ1v) is 5.06. The Morgan fingerprint density at radius 1 is 1.55 bits per heavy atom. The molecule has 4 nitrogen and oxygen atoms in total. The van der Waals surface area contributed by atoms with Crippen molar-refractivity contribution in [2.24, 2.45) is 0 Å². The Bertz CT molecular complexity index is 185. The molecule has 11 heavy (non-hydrogen) atoms. The number of unbranched alkanes of at least 4 members (excludes halogenated alkanes) is 1. The van der Waals surface area contributed by atoms with E-state index in [2.05, 4.69) is 0 Å². The lowest BCUT2D eigenvalue weighted by atomic mass is 10.4. The summed E-state index contributed by atoms with van der Waals surface area (Å²) in [5.41, 5.74) is -1.10. The molecule has 0 radical (unpaired) electrons. The lowest BCUT2D eigenvalue weighted by Gasteiger charge is -2.08. The molecule has 68 valence electrons. The minimum Gasteiger partial charge on any atom is -0.360 e. The van der Waals surface area contributed by atoms with Gasteiger partial charge in [-0.3, -0.25) is 4.55 Å². The molecule has 0 spiro atoms. The SMILES string of the molecule is CCCCOC(C)S(=O)(=O)O. The van der Waals surface area contributed by atoms with Crippen LogP contribution in [0.5, 0.6) is 0 Å². The first-order chi connectivity index (χ1) is 4.98. The van der Waals surface area contributed by atoms with E-state index in [1.165, 1.54) is 6.92 Å². The van der Waals surface area contributed by atoms with Crippen LogP contribution in [0, 0.1) is 0 Å². The Balaban J connectivity index is 3.62. The van der Waals surface area contributed by atoms with Gasteiger partial charge in [0.25, 0.3) is 10.1 Å². The molecule has 0 saturated carbocycles. The molecular formula is C6H14O4S. The first kappa shape index (κ1) is 10.9. The van der Waals surface area contributed by atoms with Gasteiger partial charge >= 0.3 is 0 Å². The van der Waals surface area contributed by atoms with Crippen LogP contribution in [0.15, 0.2) is 0 Å². The predicted octanol–water partition coefficient (Wildman–Crippen LogP) is 1.04. The summed E-state index contributed by atoms with van der Waals surface area (Å²) in [7, 11) is -4.01. The smallest absolute Gasteiger partial charge is 0.291 e. The van der Waals surface area contributed by atoms with Gasteiger partial charge in [-0.25, -0.2) is 0 Å². The summed E-state index contributed by atoms with van der Waals surface area (Å²) in [6.07, 6.45) is 1.75. The van der Waals surface area contributed by atoms with E-state index in [1.54, 1.807) is 0 Å². The lowest BCUT2D eigenvalue weighted by Crippen LogP contribution is -2.20. The van der Waals surface area contributed by atoms with Crippen molar-refractivity contribution in [2.45, 2.75) is 32.1 Å². The van der Waals surface area contributed by atoms with Gasteiger partial charge in [-0.1, -0.05) is 13.3 Å². The van der Waals surface area contributed by atoms with Crippen LogP contribution in [0.2, 0.25) is 0 Å². The molecule has 5 heteroatoms. The van der Waals surface area contributed by atoms with Crippen LogP contribution in [0.3, 0.4) is 0 Å². The topological polar surface area (TPSA) is 63.6 Å². The minimum atomic E-state index is -4.01. The normalized spacial score (nSPS) is 14.8. The van der Waals surface area contributed by atoms with Gasteiger partial charge in [0.1, 0.15) is 0 Å². The zero-order valence-corrected chi connectivity index (χ0v) is 7.60. The molecule has 0 rings (SSSR count). The zero-order chi connectivity index (χ0) is 8.91. The van der Waals surface area contributed by atoms with E-state index < -0.39 is 15.6 Å². The van der Waals surface area contributed by atoms with Gasteiger partial charge in [0, 0.05) is 6.61 Å². The van der Waals surface area contributed by atoms with Gasteiger partial charge in [0.15, 0.2) is 5.44 Å². The molecule has 1 atom stereocenters. The van der Waals surface area contributed by atoms with Crippen molar-refractivity contribution in [1.29, 1.82) is 0 Å². The first-order valence-electron chi connectivity index (χ1n) is 3.56. The number of ether oxygens (including phenoxy) is 1. The quantitative estimate of drug-likeness (QED) is 0.509. The molecule has 0 aromatic heterocycles. The molecule has 0 aliphatic carbocycles. The lowest BCUT2D eigenvalue weighted by molar-refractivity contribution is 0.108. The van der Waals surface area contributed by atoms with Gasteiger partial charge < -0.3 is 4.74 Å². The highest BCUT2D eigenvalue weighted by molar-refractivity contribution is 7.86. The molecule has 0 aliphatic rings. The monoisotopic (exact) mass is 182 g/mol. The van der Waals surface area contributed by atoms with E-state index in [9.17, 15) is 8.42 Å². The maximum Gasteiger partial charge on any atom is 0.291 e. The van der Waals surface area contributed by atoms with Crippen LogP contribution in [-0.4, -0.2) is 25.0 Å². The Morgan fingerprint density at radius 3 is 2.45 bits per heavy atom. The van der Waals surface area contributed by atoms with Crippen LogP contribution in [0.4, 0.5) is 0 Å². The Labute approximate surface area is 67.3 Å². The third-order valence-corrected chi connectivity index (χ3v) is 2.24. The van der Waals surface area contributed by atoms with Crippen molar-refractivity contribution in [2.75, 3.05) is 6.61 Å². The molecule has 0 amide bonds. The highest BCUT2D eigenvalue weighted by atomic mass is 32.2. The van der Waals surface area contributed by atoms with E-state index in [4.69, 9.17) is 9.29 Å². The van der Waals surface area contributed by atoms with Crippen molar-refractivity contribution < 1.29 is 17.7 Å². The molecular weight excluding hydrogens is 168 g/mol. The van der Waals surface area contributed by atoms with E-state index in [0.717, 1.165) is 12.8 Å². The highest BCUT2D eigenvalue weighted by Crippen LogP contribution is 2.00. The van der Waals surface area contributed by atoms with Gasteiger partial charge in [-0.05, 0) is 13.3 Å². The van der Waals surface area contributed by atoms with Gasteiger partial charge in [-0.2, -0.15) is 8.42 Å². The Morgan fingerprint density at radius 2 is 2.09 bits per heavy atom. The fourth-order valence-electron chi connectivity index (χ4n) is 0.480. The second-order valence-corrected chi connectivity index (χ2v) is 4.00. The maximum absolute atomic E-state index is 10.4. The second-order valence-electron chi connectivity index (χ2n) is 2.31. The average Bonchev–Trinajstić information content (AvgIpc) is 1.86. The van der Waals surface area contributed by atoms with E-state index in [-0.39, 0.29) is 0 Å². The van der Waals surface area contributed by atoms with E-state index in [0.29, 0.717) is 6.61 Å². The molecule has 0 saturated heterocycles. The van der Waals surface area contributed by atoms with Crippen LogP contribution >= 0.6 is 0 Å². The molecule has 0 fully saturated rings. The third kappa shape index (κ3) is 5.17.